The Morgan fingerprint density at radius 1 is 1.20 bits per heavy atom. The number of rotatable bonds is 3. The normalized spacial score (nSPS) is 10.8. The molecule has 0 aliphatic carbocycles. The number of nitrogens with two attached hydrogens (primary N) is 1. The van der Waals surface area contributed by atoms with E-state index in [1.165, 1.54) is 18.2 Å². The fraction of sp³-hybridized carbons (Fsp3) is 0.0714. The molecule has 0 saturated heterocycles. The molecule has 0 bridgehead atoms. The van der Waals surface area contributed by atoms with Crippen molar-refractivity contribution in [3.05, 3.63) is 53.6 Å². The topological polar surface area (TPSA) is 96.0 Å². The van der Waals surface area contributed by atoms with Crippen molar-refractivity contribution in [2.75, 3.05) is 10.5 Å². The minimum Gasteiger partial charge on any atom is -0.399 e. The van der Waals surface area contributed by atoms with E-state index in [9.17, 15) is 8.42 Å². The summed E-state index contributed by atoms with van der Waals surface area (Å²) in [6, 6.07) is 12.8. The summed E-state index contributed by atoms with van der Waals surface area (Å²) < 4.78 is 27.0. The predicted molar refractivity (Wildman–Crippen MR) is 77.6 cm³/mol. The lowest BCUT2D eigenvalue weighted by Crippen LogP contribution is -2.14. The van der Waals surface area contributed by atoms with E-state index in [-0.39, 0.29) is 4.90 Å². The molecular formula is C14H13N3O2S. The SMILES string of the molecule is Cc1ccc(C#N)cc1NS(=O)(=O)c1cccc(N)c1. The van der Waals surface area contributed by atoms with Gasteiger partial charge >= 0.3 is 0 Å². The minimum atomic E-state index is -3.72. The molecule has 0 aliphatic rings. The van der Waals surface area contributed by atoms with Crippen LogP contribution in [0, 0.1) is 18.3 Å². The highest BCUT2D eigenvalue weighted by molar-refractivity contribution is 7.92. The summed E-state index contributed by atoms with van der Waals surface area (Å²) >= 11 is 0. The third-order valence-corrected chi connectivity index (χ3v) is 4.14. The highest BCUT2D eigenvalue weighted by Gasteiger charge is 2.15. The molecule has 0 aliphatic heterocycles. The Balaban J connectivity index is 2.41. The van der Waals surface area contributed by atoms with Crippen LogP contribution in [0.2, 0.25) is 0 Å². The van der Waals surface area contributed by atoms with Gasteiger partial charge in [0.15, 0.2) is 0 Å². The second-order valence-corrected chi connectivity index (χ2v) is 6.00. The van der Waals surface area contributed by atoms with Crippen molar-refractivity contribution in [1.82, 2.24) is 0 Å². The minimum absolute atomic E-state index is 0.0826. The number of anilines is 2. The molecule has 0 heterocycles. The van der Waals surface area contributed by atoms with E-state index in [2.05, 4.69) is 4.72 Å². The smallest absolute Gasteiger partial charge is 0.261 e. The van der Waals surface area contributed by atoms with E-state index in [0.29, 0.717) is 16.9 Å². The van der Waals surface area contributed by atoms with Crippen molar-refractivity contribution in [3.63, 3.8) is 0 Å². The number of nitrogens with one attached hydrogen (secondary N) is 1. The number of hydrogen-bond donors (Lipinski definition) is 2. The van der Waals surface area contributed by atoms with Gasteiger partial charge in [-0.3, -0.25) is 4.72 Å². The fourth-order valence-electron chi connectivity index (χ4n) is 1.69. The lowest BCUT2D eigenvalue weighted by atomic mass is 10.1. The summed E-state index contributed by atoms with van der Waals surface area (Å²) in [5.41, 5.74) is 7.46. The van der Waals surface area contributed by atoms with Gasteiger partial charge in [-0.15, -0.1) is 0 Å². The fourth-order valence-corrected chi connectivity index (χ4v) is 2.86. The zero-order chi connectivity index (χ0) is 14.8. The van der Waals surface area contributed by atoms with Crippen LogP contribution in [-0.2, 0) is 10.0 Å². The van der Waals surface area contributed by atoms with Gasteiger partial charge in [-0.2, -0.15) is 5.26 Å². The van der Waals surface area contributed by atoms with Crippen LogP contribution in [-0.4, -0.2) is 8.42 Å². The van der Waals surface area contributed by atoms with E-state index in [1.807, 2.05) is 6.07 Å². The molecule has 0 fully saturated rings. The van der Waals surface area contributed by atoms with E-state index in [4.69, 9.17) is 11.0 Å². The van der Waals surface area contributed by atoms with Gasteiger partial charge in [-0.1, -0.05) is 12.1 Å². The molecule has 6 heteroatoms. The Labute approximate surface area is 117 Å². The second kappa shape index (κ2) is 5.23. The quantitative estimate of drug-likeness (QED) is 0.846. The van der Waals surface area contributed by atoms with Gasteiger partial charge in [0.2, 0.25) is 0 Å². The first-order valence-corrected chi connectivity index (χ1v) is 7.30. The van der Waals surface area contributed by atoms with Gasteiger partial charge in [0, 0.05) is 5.69 Å². The van der Waals surface area contributed by atoms with E-state index < -0.39 is 10.0 Å². The van der Waals surface area contributed by atoms with Crippen molar-refractivity contribution >= 4 is 21.4 Å². The predicted octanol–water partition coefficient (Wildman–Crippen LogP) is 2.25. The lowest BCUT2D eigenvalue weighted by Gasteiger charge is -2.11. The average molecular weight is 287 g/mol. The lowest BCUT2D eigenvalue weighted by molar-refractivity contribution is 0.601. The Bertz CT molecular complexity index is 792. The van der Waals surface area contributed by atoms with Gasteiger partial charge < -0.3 is 5.73 Å². The number of aryl methyl sites for hydroxylation is 1. The van der Waals surface area contributed by atoms with Gasteiger partial charge in [0.25, 0.3) is 10.0 Å². The summed E-state index contributed by atoms with van der Waals surface area (Å²) in [7, 11) is -3.72. The molecule has 0 aromatic heterocycles. The summed E-state index contributed by atoms with van der Waals surface area (Å²) in [5.74, 6) is 0. The highest BCUT2D eigenvalue weighted by Crippen LogP contribution is 2.21. The molecule has 5 nitrogen and oxygen atoms in total. The van der Waals surface area contributed by atoms with Gasteiger partial charge in [0.1, 0.15) is 0 Å². The molecule has 0 spiro atoms. The van der Waals surface area contributed by atoms with Crippen LogP contribution in [0.5, 0.6) is 0 Å². The van der Waals surface area contributed by atoms with Crippen LogP contribution in [0.1, 0.15) is 11.1 Å². The standard InChI is InChI=1S/C14H13N3O2S/c1-10-5-6-11(9-15)7-14(10)17-20(18,19)13-4-2-3-12(16)8-13/h2-8,17H,16H2,1H3. The Kier molecular flexibility index (Phi) is 3.63. The van der Waals surface area contributed by atoms with Crippen LogP contribution in [0.4, 0.5) is 11.4 Å². The Morgan fingerprint density at radius 2 is 1.95 bits per heavy atom. The third-order valence-electron chi connectivity index (χ3n) is 2.78. The maximum Gasteiger partial charge on any atom is 0.261 e. The first-order chi connectivity index (χ1) is 9.42. The summed E-state index contributed by atoms with van der Waals surface area (Å²) in [4.78, 5) is 0.0826. The number of nitriles is 1. The largest absolute Gasteiger partial charge is 0.399 e. The van der Waals surface area contributed by atoms with Crippen molar-refractivity contribution in [2.24, 2.45) is 0 Å². The number of nitrogen functional groups attached to an aromatic ring is 1. The first kappa shape index (κ1) is 13.9. The van der Waals surface area contributed by atoms with Crippen molar-refractivity contribution in [3.8, 4) is 6.07 Å². The Hall–Kier alpha value is -2.52. The molecule has 102 valence electrons. The molecule has 0 radical (unpaired) electrons. The summed E-state index contributed by atoms with van der Waals surface area (Å²) in [5, 5.41) is 8.86. The molecule has 20 heavy (non-hydrogen) atoms. The molecule has 0 unspecified atom stereocenters. The van der Waals surface area contributed by atoms with Crippen LogP contribution in [0.25, 0.3) is 0 Å². The highest BCUT2D eigenvalue weighted by atomic mass is 32.2. The van der Waals surface area contributed by atoms with Crippen LogP contribution in [0.3, 0.4) is 0 Å². The monoisotopic (exact) mass is 287 g/mol. The zero-order valence-electron chi connectivity index (χ0n) is 10.8. The zero-order valence-corrected chi connectivity index (χ0v) is 11.6. The molecular weight excluding hydrogens is 274 g/mol. The third kappa shape index (κ3) is 2.90. The molecule has 2 aromatic rings. The average Bonchev–Trinajstić information content (AvgIpc) is 2.41. The molecule has 3 N–H and O–H groups in total. The van der Waals surface area contributed by atoms with Crippen LogP contribution in [0.15, 0.2) is 47.4 Å². The molecule has 2 rings (SSSR count). The van der Waals surface area contributed by atoms with E-state index in [1.54, 1.807) is 31.2 Å². The van der Waals surface area contributed by atoms with E-state index in [0.717, 1.165) is 5.56 Å². The first-order valence-electron chi connectivity index (χ1n) is 5.81. The second-order valence-electron chi connectivity index (χ2n) is 4.32. The van der Waals surface area contributed by atoms with E-state index >= 15 is 0 Å². The number of sulfonamides is 1. The number of nitrogens with zero attached hydrogens (tertiary/aromatic N) is 1. The van der Waals surface area contributed by atoms with Crippen LogP contribution < -0.4 is 10.5 Å². The summed E-state index contributed by atoms with van der Waals surface area (Å²) in [6.45, 7) is 1.76. The van der Waals surface area contributed by atoms with Gasteiger partial charge in [-0.05, 0) is 42.8 Å². The van der Waals surface area contributed by atoms with Crippen molar-refractivity contribution in [1.29, 1.82) is 5.26 Å². The Morgan fingerprint density at radius 3 is 2.60 bits per heavy atom. The van der Waals surface area contributed by atoms with Gasteiger partial charge in [0.05, 0.1) is 22.2 Å². The van der Waals surface area contributed by atoms with Gasteiger partial charge in [-0.25, -0.2) is 8.42 Å². The molecule has 0 amide bonds. The molecule has 0 atom stereocenters. The number of benzene rings is 2. The number of hydrogen-bond acceptors (Lipinski definition) is 4. The molecule has 0 saturated carbocycles. The van der Waals surface area contributed by atoms with Crippen molar-refractivity contribution < 1.29 is 8.42 Å². The summed E-state index contributed by atoms with van der Waals surface area (Å²) in [6.07, 6.45) is 0. The maximum atomic E-state index is 12.3. The van der Waals surface area contributed by atoms with Crippen LogP contribution >= 0.6 is 0 Å². The maximum absolute atomic E-state index is 12.3. The van der Waals surface area contributed by atoms with Crippen molar-refractivity contribution in [2.45, 2.75) is 11.8 Å². The molecule has 2 aromatic carbocycles.